The van der Waals surface area contributed by atoms with Crippen LogP contribution in [0.15, 0.2) is 46.6 Å². The molecule has 1 aliphatic carbocycles. The molecule has 0 bridgehead atoms. The first-order chi connectivity index (χ1) is 10.3. The van der Waals surface area contributed by atoms with Crippen LogP contribution in [-0.2, 0) is 9.53 Å². The Kier molecular flexibility index (Phi) is 6.86. The molecule has 22 heavy (non-hydrogen) atoms. The van der Waals surface area contributed by atoms with Crippen LogP contribution in [0.25, 0.3) is 0 Å². The second-order valence-electron chi connectivity index (χ2n) is 6.72. The van der Waals surface area contributed by atoms with Crippen LogP contribution in [0.2, 0.25) is 0 Å². The van der Waals surface area contributed by atoms with Crippen LogP contribution >= 0.6 is 0 Å². The minimum absolute atomic E-state index is 0.258. The number of hydrogen-bond donors (Lipinski definition) is 0. The number of allylic oxidation sites excluding steroid dienone is 7. The summed E-state index contributed by atoms with van der Waals surface area (Å²) in [5.41, 5.74) is 5.46. The normalized spacial score (nSPS) is 19.7. The van der Waals surface area contributed by atoms with Crippen molar-refractivity contribution in [2.24, 2.45) is 5.41 Å². The monoisotopic (exact) mass is 302 g/mol. The van der Waals surface area contributed by atoms with E-state index in [1.165, 1.54) is 42.1 Å². The van der Waals surface area contributed by atoms with Gasteiger partial charge in [-0.05, 0) is 69.1 Å². The molecule has 122 valence electrons. The lowest BCUT2D eigenvalue weighted by Gasteiger charge is -2.33. The molecule has 0 N–H and O–H groups in total. The van der Waals surface area contributed by atoms with E-state index in [4.69, 9.17) is 4.74 Å². The van der Waals surface area contributed by atoms with Crippen molar-refractivity contribution in [3.05, 3.63) is 46.6 Å². The molecule has 0 aromatic carbocycles. The van der Waals surface area contributed by atoms with Crippen LogP contribution in [0.5, 0.6) is 0 Å². The third kappa shape index (κ3) is 5.32. The first-order valence-corrected chi connectivity index (χ1v) is 8.18. The highest BCUT2D eigenvalue weighted by atomic mass is 16.5. The Hall–Kier alpha value is -1.57. The zero-order valence-electron chi connectivity index (χ0n) is 15.0. The highest BCUT2D eigenvalue weighted by molar-refractivity contribution is 5.82. The molecule has 0 aliphatic heterocycles. The molecule has 0 fully saturated rings. The fourth-order valence-corrected chi connectivity index (χ4v) is 2.86. The van der Waals surface area contributed by atoms with E-state index in [0.717, 1.165) is 5.57 Å². The lowest BCUT2D eigenvalue weighted by Crippen LogP contribution is -2.19. The molecule has 0 radical (unpaired) electrons. The quantitative estimate of drug-likeness (QED) is 0.379. The minimum Gasteiger partial charge on any atom is -0.463 e. The van der Waals surface area contributed by atoms with E-state index in [1.807, 2.05) is 19.9 Å². The second kappa shape index (κ2) is 8.17. The molecule has 1 rings (SSSR count). The summed E-state index contributed by atoms with van der Waals surface area (Å²) < 4.78 is 4.89. The number of hydrogen-bond acceptors (Lipinski definition) is 2. The third-order valence-electron chi connectivity index (χ3n) is 4.42. The lowest BCUT2D eigenvalue weighted by molar-refractivity contribution is -0.137. The Labute approximate surface area is 135 Å². The van der Waals surface area contributed by atoms with Crippen molar-refractivity contribution in [3.63, 3.8) is 0 Å². The second-order valence-corrected chi connectivity index (χ2v) is 6.72. The first kappa shape index (κ1) is 18.5. The molecule has 0 saturated carbocycles. The van der Waals surface area contributed by atoms with Crippen LogP contribution < -0.4 is 0 Å². The van der Waals surface area contributed by atoms with Crippen molar-refractivity contribution in [1.29, 1.82) is 0 Å². The van der Waals surface area contributed by atoms with Gasteiger partial charge in [0.2, 0.25) is 0 Å². The van der Waals surface area contributed by atoms with Gasteiger partial charge >= 0.3 is 5.97 Å². The maximum Gasteiger partial charge on any atom is 0.330 e. The molecule has 0 spiro atoms. The average molecular weight is 302 g/mol. The van der Waals surface area contributed by atoms with E-state index in [1.54, 1.807) is 0 Å². The molecule has 1 aliphatic rings. The van der Waals surface area contributed by atoms with Gasteiger partial charge in [0.25, 0.3) is 0 Å². The van der Waals surface area contributed by atoms with Crippen molar-refractivity contribution in [2.75, 3.05) is 6.61 Å². The summed E-state index contributed by atoms with van der Waals surface area (Å²) in [5.74, 6) is -0.286. The molecule has 0 unspecified atom stereocenters. The Balaban J connectivity index is 2.88. The summed E-state index contributed by atoms with van der Waals surface area (Å²) in [6, 6.07) is 0. The number of rotatable bonds is 5. The standard InChI is InChI=1S/C20H30O2/c1-7-22-19(21)13-11-16(3)15(2)10-12-18-17(4)9-8-14-20(18,5)6/h10-13H,7-9,14H2,1-6H3/b12-10+,13-11+,16-15+. The number of ether oxygens (including phenoxy) is 1. The number of esters is 1. The summed E-state index contributed by atoms with van der Waals surface area (Å²) in [7, 11) is 0. The Morgan fingerprint density at radius 2 is 1.82 bits per heavy atom. The van der Waals surface area contributed by atoms with Crippen molar-refractivity contribution in [2.45, 2.75) is 60.8 Å². The molecule has 0 heterocycles. The summed E-state index contributed by atoms with van der Waals surface area (Å²) in [6.45, 7) is 13.2. The van der Waals surface area contributed by atoms with Crippen LogP contribution in [0, 0.1) is 5.41 Å². The molecule has 0 aromatic heterocycles. The molecule has 0 saturated heterocycles. The van der Waals surface area contributed by atoms with E-state index in [0.29, 0.717) is 6.61 Å². The zero-order valence-corrected chi connectivity index (χ0v) is 15.0. The summed E-state index contributed by atoms with van der Waals surface area (Å²) in [5, 5.41) is 0. The van der Waals surface area contributed by atoms with Gasteiger partial charge in [0, 0.05) is 6.08 Å². The van der Waals surface area contributed by atoms with E-state index in [9.17, 15) is 4.79 Å². The summed E-state index contributed by atoms with van der Waals surface area (Å²) >= 11 is 0. The van der Waals surface area contributed by atoms with Crippen molar-refractivity contribution < 1.29 is 9.53 Å². The van der Waals surface area contributed by atoms with Crippen LogP contribution in [0.4, 0.5) is 0 Å². The van der Waals surface area contributed by atoms with Gasteiger partial charge in [0.1, 0.15) is 0 Å². The first-order valence-electron chi connectivity index (χ1n) is 8.18. The zero-order chi connectivity index (χ0) is 16.8. The SMILES string of the molecule is CCOC(=O)/C=C/C(C)=C(C)/C=C/C1=C(C)CCCC1(C)C. The molecular formula is C20H30O2. The van der Waals surface area contributed by atoms with Gasteiger partial charge in [0.05, 0.1) is 6.61 Å². The fourth-order valence-electron chi connectivity index (χ4n) is 2.86. The molecule has 0 amide bonds. The van der Waals surface area contributed by atoms with Gasteiger partial charge < -0.3 is 4.74 Å². The molecule has 0 atom stereocenters. The van der Waals surface area contributed by atoms with Gasteiger partial charge in [-0.2, -0.15) is 0 Å². The highest BCUT2D eigenvalue weighted by Crippen LogP contribution is 2.40. The topological polar surface area (TPSA) is 26.3 Å². The largest absolute Gasteiger partial charge is 0.463 e. The van der Waals surface area contributed by atoms with Gasteiger partial charge in [-0.15, -0.1) is 0 Å². The maximum absolute atomic E-state index is 11.3. The van der Waals surface area contributed by atoms with Crippen LogP contribution in [0.1, 0.15) is 60.8 Å². The molecular weight excluding hydrogens is 272 g/mol. The molecule has 2 heteroatoms. The predicted molar refractivity (Wildman–Crippen MR) is 93.6 cm³/mol. The Bertz CT molecular complexity index is 528. The summed E-state index contributed by atoms with van der Waals surface area (Å²) in [4.78, 5) is 11.3. The third-order valence-corrected chi connectivity index (χ3v) is 4.42. The Morgan fingerprint density at radius 3 is 2.41 bits per heavy atom. The van der Waals surface area contributed by atoms with Gasteiger partial charge in [-0.1, -0.05) is 37.6 Å². The van der Waals surface area contributed by atoms with Gasteiger partial charge in [-0.25, -0.2) is 4.79 Å². The predicted octanol–water partition coefficient (Wildman–Crippen LogP) is 5.52. The van der Waals surface area contributed by atoms with Gasteiger partial charge in [0.15, 0.2) is 0 Å². The maximum atomic E-state index is 11.3. The Morgan fingerprint density at radius 1 is 1.18 bits per heavy atom. The molecule has 2 nitrogen and oxygen atoms in total. The van der Waals surface area contributed by atoms with E-state index < -0.39 is 0 Å². The van der Waals surface area contributed by atoms with E-state index >= 15 is 0 Å². The fraction of sp³-hybridized carbons (Fsp3) is 0.550. The van der Waals surface area contributed by atoms with Crippen molar-refractivity contribution >= 4 is 5.97 Å². The van der Waals surface area contributed by atoms with Crippen molar-refractivity contribution in [3.8, 4) is 0 Å². The van der Waals surface area contributed by atoms with Crippen molar-refractivity contribution in [1.82, 2.24) is 0 Å². The molecule has 0 aromatic rings. The van der Waals surface area contributed by atoms with E-state index in [-0.39, 0.29) is 11.4 Å². The summed E-state index contributed by atoms with van der Waals surface area (Å²) in [6.07, 6.45) is 11.5. The number of carbonyl (C=O) groups excluding carboxylic acids is 1. The van der Waals surface area contributed by atoms with E-state index in [2.05, 4.69) is 39.8 Å². The average Bonchev–Trinajstić information content (AvgIpc) is 2.43. The van der Waals surface area contributed by atoms with Crippen LogP contribution in [0.3, 0.4) is 0 Å². The minimum atomic E-state index is -0.286. The highest BCUT2D eigenvalue weighted by Gasteiger charge is 2.26. The van der Waals surface area contributed by atoms with Crippen LogP contribution in [-0.4, -0.2) is 12.6 Å². The smallest absolute Gasteiger partial charge is 0.330 e. The van der Waals surface area contributed by atoms with Gasteiger partial charge in [-0.3, -0.25) is 0 Å². The lowest BCUT2D eigenvalue weighted by atomic mass is 9.72. The number of carbonyl (C=O) groups is 1.